The van der Waals surface area contributed by atoms with Crippen molar-refractivity contribution in [2.24, 2.45) is 0 Å². The van der Waals surface area contributed by atoms with E-state index in [1.165, 1.54) is 17.6 Å². The standard InChI is InChI=1S/C14H22N4O2S/c1-9-17-13-10(5-4-6-11(13)21-9)8-18(3)12(19)7-16-14(20)15-2/h10H,4-8H2,1-3H3,(H2,15,16,20)/t10-/m1/s1. The Balaban J connectivity index is 1.92. The number of urea groups is 1. The van der Waals surface area contributed by atoms with Crippen LogP contribution in [-0.2, 0) is 11.2 Å². The highest BCUT2D eigenvalue weighted by molar-refractivity contribution is 7.11. The number of carbonyl (C=O) groups is 2. The van der Waals surface area contributed by atoms with Gasteiger partial charge in [0.05, 0.1) is 17.2 Å². The summed E-state index contributed by atoms with van der Waals surface area (Å²) in [7, 11) is 3.30. The highest BCUT2D eigenvalue weighted by Gasteiger charge is 2.26. The van der Waals surface area contributed by atoms with Crippen LogP contribution in [0, 0.1) is 6.92 Å². The van der Waals surface area contributed by atoms with Crippen LogP contribution in [0.4, 0.5) is 4.79 Å². The molecule has 7 heteroatoms. The van der Waals surface area contributed by atoms with Crippen LogP contribution in [0.2, 0.25) is 0 Å². The Morgan fingerprint density at radius 2 is 2.24 bits per heavy atom. The molecule has 3 amide bonds. The van der Waals surface area contributed by atoms with E-state index in [2.05, 4.69) is 15.6 Å². The maximum atomic E-state index is 12.0. The molecule has 2 N–H and O–H groups in total. The fourth-order valence-electron chi connectivity index (χ4n) is 2.62. The Kier molecular flexibility index (Phi) is 5.17. The van der Waals surface area contributed by atoms with Gasteiger partial charge in [0, 0.05) is 31.4 Å². The van der Waals surface area contributed by atoms with E-state index < -0.39 is 0 Å². The number of hydrogen-bond donors (Lipinski definition) is 2. The van der Waals surface area contributed by atoms with Gasteiger partial charge in [0.2, 0.25) is 5.91 Å². The second-order valence-corrected chi connectivity index (χ2v) is 6.63. The van der Waals surface area contributed by atoms with Crippen LogP contribution in [-0.4, -0.2) is 49.0 Å². The average Bonchev–Trinajstić information content (AvgIpc) is 2.85. The molecule has 116 valence electrons. The van der Waals surface area contributed by atoms with E-state index in [1.807, 2.05) is 6.92 Å². The minimum atomic E-state index is -0.341. The Hall–Kier alpha value is -1.63. The number of fused-ring (bicyclic) bond motifs is 1. The van der Waals surface area contributed by atoms with E-state index in [0.29, 0.717) is 12.5 Å². The third kappa shape index (κ3) is 3.93. The van der Waals surface area contributed by atoms with Gasteiger partial charge in [-0.15, -0.1) is 11.3 Å². The monoisotopic (exact) mass is 310 g/mol. The number of amides is 3. The van der Waals surface area contributed by atoms with Crippen molar-refractivity contribution in [1.82, 2.24) is 20.5 Å². The highest BCUT2D eigenvalue weighted by Crippen LogP contribution is 2.34. The molecule has 1 aromatic rings. The number of aromatic nitrogens is 1. The first-order valence-corrected chi connectivity index (χ1v) is 7.98. The van der Waals surface area contributed by atoms with E-state index >= 15 is 0 Å². The van der Waals surface area contributed by atoms with Gasteiger partial charge >= 0.3 is 6.03 Å². The lowest BCUT2D eigenvalue weighted by molar-refractivity contribution is -0.129. The summed E-state index contributed by atoms with van der Waals surface area (Å²) in [5, 5.41) is 6.04. The molecule has 0 aromatic carbocycles. The van der Waals surface area contributed by atoms with E-state index in [-0.39, 0.29) is 18.5 Å². The maximum absolute atomic E-state index is 12.0. The Morgan fingerprint density at radius 3 is 2.95 bits per heavy atom. The lowest BCUT2D eigenvalue weighted by Gasteiger charge is -2.26. The Labute approximate surface area is 128 Å². The van der Waals surface area contributed by atoms with Crippen LogP contribution in [0.1, 0.15) is 34.3 Å². The number of hydrogen-bond acceptors (Lipinski definition) is 4. The van der Waals surface area contributed by atoms with Crippen molar-refractivity contribution in [3.05, 3.63) is 15.6 Å². The van der Waals surface area contributed by atoms with Crippen molar-refractivity contribution in [3.63, 3.8) is 0 Å². The van der Waals surface area contributed by atoms with Crippen molar-refractivity contribution >= 4 is 23.3 Å². The highest BCUT2D eigenvalue weighted by atomic mass is 32.1. The lowest BCUT2D eigenvalue weighted by Crippen LogP contribution is -2.42. The molecule has 21 heavy (non-hydrogen) atoms. The zero-order valence-electron chi connectivity index (χ0n) is 12.7. The Bertz CT molecular complexity index is 529. The molecule has 0 saturated heterocycles. The molecule has 0 radical (unpaired) electrons. The van der Waals surface area contributed by atoms with Crippen LogP contribution in [0.3, 0.4) is 0 Å². The van der Waals surface area contributed by atoms with Crippen molar-refractivity contribution in [2.75, 3.05) is 27.2 Å². The SMILES string of the molecule is CNC(=O)NCC(=O)N(C)C[C@H]1CCCc2sc(C)nc21. The van der Waals surface area contributed by atoms with Crippen LogP contribution < -0.4 is 10.6 Å². The molecule has 1 heterocycles. The number of rotatable bonds is 4. The van der Waals surface area contributed by atoms with Crippen molar-refractivity contribution in [2.45, 2.75) is 32.1 Å². The van der Waals surface area contributed by atoms with Crippen molar-refractivity contribution in [3.8, 4) is 0 Å². The second-order valence-electron chi connectivity index (χ2n) is 5.34. The largest absolute Gasteiger partial charge is 0.344 e. The summed E-state index contributed by atoms with van der Waals surface area (Å²) in [6, 6.07) is -0.341. The molecular formula is C14H22N4O2S. The predicted octanol–water partition coefficient (Wildman–Crippen LogP) is 1.26. The third-order valence-corrected chi connectivity index (χ3v) is 4.77. The van der Waals surface area contributed by atoms with Crippen LogP contribution in [0.15, 0.2) is 0 Å². The van der Waals surface area contributed by atoms with Crippen LogP contribution in [0.5, 0.6) is 0 Å². The van der Waals surface area contributed by atoms with Gasteiger partial charge in [-0.2, -0.15) is 0 Å². The second kappa shape index (κ2) is 6.89. The van der Waals surface area contributed by atoms with E-state index in [4.69, 9.17) is 0 Å². The molecule has 0 aliphatic heterocycles. The zero-order chi connectivity index (χ0) is 15.4. The third-order valence-electron chi connectivity index (χ3n) is 3.72. The summed E-state index contributed by atoms with van der Waals surface area (Å²) in [6.45, 7) is 2.71. The Morgan fingerprint density at radius 1 is 1.48 bits per heavy atom. The number of thiazole rings is 1. The van der Waals surface area contributed by atoms with Crippen LogP contribution >= 0.6 is 11.3 Å². The van der Waals surface area contributed by atoms with Gasteiger partial charge in [-0.25, -0.2) is 9.78 Å². The summed E-state index contributed by atoms with van der Waals surface area (Å²) in [5.74, 6) is 0.227. The average molecular weight is 310 g/mol. The summed E-state index contributed by atoms with van der Waals surface area (Å²) in [5.41, 5.74) is 1.17. The topological polar surface area (TPSA) is 74.3 Å². The van der Waals surface area contributed by atoms with Gasteiger partial charge in [0.25, 0.3) is 0 Å². The van der Waals surface area contributed by atoms with Gasteiger partial charge in [0.1, 0.15) is 0 Å². The van der Waals surface area contributed by atoms with Gasteiger partial charge in [-0.05, 0) is 26.2 Å². The van der Waals surface area contributed by atoms with E-state index in [1.54, 1.807) is 23.3 Å². The smallest absolute Gasteiger partial charge is 0.314 e. The molecule has 1 aliphatic carbocycles. The molecule has 0 fully saturated rings. The molecule has 0 spiro atoms. The minimum absolute atomic E-state index is 0.0197. The van der Waals surface area contributed by atoms with Gasteiger partial charge < -0.3 is 15.5 Å². The molecule has 2 rings (SSSR count). The van der Waals surface area contributed by atoms with Crippen molar-refractivity contribution < 1.29 is 9.59 Å². The summed E-state index contributed by atoms with van der Waals surface area (Å²) >= 11 is 1.77. The minimum Gasteiger partial charge on any atom is -0.344 e. The molecule has 0 bridgehead atoms. The number of nitrogens with zero attached hydrogens (tertiary/aromatic N) is 2. The van der Waals surface area contributed by atoms with Gasteiger partial charge in [0.15, 0.2) is 0 Å². The summed E-state index contributed by atoms with van der Waals surface area (Å²) in [6.07, 6.45) is 3.32. The normalized spacial score (nSPS) is 17.0. The van der Waals surface area contributed by atoms with E-state index in [0.717, 1.165) is 24.3 Å². The zero-order valence-corrected chi connectivity index (χ0v) is 13.5. The molecule has 1 aromatic heterocycles. The molecule has 1 atom stereocenters. The van der Waals surface area contributed by atoms with Crippen molar-refractivity contribution in [1.29, 1.82) is 0 Å². The summed E-state index contributed by atoms with van der Waals surface area (Å²) in [4.78, 5) is 30.8. The number of aryl methyl sites for hydroxylation is 2. The summed E-state index contributed by atoms with van der Waals surface area (Å²) < 4.78 is 0. The molecule has 0 saturated carbocycles. The van der Waals surface area contributed by atoms with Gasteiger partial charge in [-0.3, -0.25) is 4.79 Å². The van der Waals surface area contributed by atoms with Crippen LogP contribution in [0.25, 0.3) is 0 Å². The number of carbonyl (C=O) groups excluding carboxylic acids is 2. The maximum Gasteiger partial charge on any atom is 0.314 e. The molecular weight excluding hydrogens is 288 g/mol. The fourth-order valence-corrected chi connectivity index (χ4v) is 3.68. The van der Waals surface area contributed by atoms with E-state index in [9.17, 15) is 9.59 Å². The molecule has 1 aliphatic rings. The molecule has 6 nitrogen and oxygen atoms in total. The first-order chi connectivity index (χ1) is 10.0. The first kappa shape index (κ1) is 15.8. The molecule has 0 unspecified atom stereocenters. The fraction of sp³-hybridized carbons (Fsp3) is 0.643. The van der Waals surface area contributed by atoms with Gasteiger partial charge in [-0.1, -0.05) is 0 Å². The predicted molar refractivity (Wildman–Crippen MR) is 82.6 cm³/mol. The number of likely N-dealkylation sites (N-methyl/N-ethyl adjacent to an activating group) is 1. The number of nitrogens with one attached hydrogen (secondary N) is 2. The lowest BCUT2D eigenvalue weighted by atomic mass is 9.90. The first-order valence-electron chi connectivity index (χ1n) is 7.17. The quantitative estimate of drug-likeness (QED) is 0.879.